The quantitative estimate of drug-likeness (QED) is 0.862. The zero-order valence-corrected chi connectivity index (χ0v) is 12.8. The molecule has 2 atom stereocenters. The Kier molecular flexibility index (Phi) is 4.13. The number of aromatic nitrogens is 1. The molecule has 0 radical (unpaired) electrons. The summed E-state index contributed by atoms with van der Waals surface area (Å²) in [4.78, 5) is 2.48. The molecule has 0 N–H and O–H groups in total. The third-order valence-electron chi connectivity index (χ3n) is 4.00. The highest BCUT2D eigenvalue weighted by Crippen LogP contribution is 2.26. The van der Waals surface area contributed by atoms with Crippen LogP contribution in [0.5, 0.6) is 0 Å². The molecule has 1 saturated heterocycles. The molecule has 2 heterocycles. The zero-order valence-electron chi connectivity index (χ0n) is 12.0. The lowest BCUT2D eigenvalue weighted by atomic mass is 10.1. The minimum atomic E-state index is 0.582. The van der Waals surface area contributed by atoms with E-state index in [1.807, 2.05) is 18.2 Å². The van der Waals surface area contributed by atoms with Crippen molar-refractivity contribution in [3.05, 3.63) is 42.2 Å². The maximum Gasteiger partial charge on any atom is 0.151 e. The van der Waals surface area contributed by atoms with Gasteiger partial charge in [0, 0.05) is 35.2 Å². The van der Waals surface area contributed by atoms with Gasteiger partial charge in [-0.05, 0) is 6.92 Å². The minimum absolute atomic E-state index is 0.582. The van der Waals surface area contributed by atoms with Crippen molar-refractivity contribution in [2.24, 2.45) is 0 Å². The molecular weight excluding hydrogens is 268 g/mol. The molecule has 106 valence electrons. The Labute approximate surface area is 124 Å². The molecule has 1 aliphatic heterocycles. The lowest BCUT2D eigenvalue weighted by Crippen LogP contribution is -2.43. The maximum atomic E-state index is 5.51. The lowest BCUT2D eigenvalue weighted by Gasteiger charge is -2.36. The predicted molar refractivity (Wildman–Crippen MR) is 83.7 cm³/mol. The molecule has 0 aliphatic carbocycles. The first kappa shape index (κ1) is 13.7. The first-order valence-electron chi connectivity index (χ1n) is 7.10. The van der Waals surface area contributed by atoms with Crippen LogP contribution in [0.3, 0.4) is 0 Å². The number of nitrogens with zero attached hydrogens (tertiary/aromatic N) is 2. The molecule has 2 unspecified atom stereocenters. The van der Waals surface area contributed by atoms with Crippen molar-refractivity contribution in [3.8, 4) is 11.3 Å². The smallest absolute Gasteiger partial charge is 0.151 e. The standard InChI is InChI=1S/C16H20N2OS/c1-12-13(2)20-9-8-18(12)11-15-10-16(17-19-15)14-6-4-3-5-7-14/h3-7,10,12-13H,8-9,11H2,1-2H3. The van der Waals surface area contributed by atoms with Crippen LogP contribution in [0.15, 0.2) is 40.9 Å². The van der Waals surface area contributed by atoms with Crippen LogP contribution in [-0.2, 0) is 6.54 Å². The fraction of sp³-hybridized carbons (Fsp3) is 0.438. The minimum Gasteiger partial charge on any atom is -0.359 e. The third-order valence-corrected chi connectivity index (χ3v) is 5.34. The van der Waals surface area contributed by atoms with Crippen LogP contribution < -0.4 is 0 Å². The molecule has 1 aliphatic rings. The van der Waals surface area contributed by atoms with Gasteiger partial charge in [-0.15, -0.1) is 0 Å². The van der Waals surface area contributed by atoms with Gasteiger partial charge in [-0.25, -0.2) is 0 Å². The van der Waals surface area contributed by atoms with E-state index in [2.05, 4.69) is 53.9 Å². The Hall–Kier alpha value is -1.26. The Balaban J connectivity index is 1.71. The van der Waals surface area contributed by atoms with Gasteiger partial charge in [-0.1, -0.05) is 42.4 Å². The van der Waals surface area contributed by atoms with E-state index < -0.39 is 0 Å². The lowest BCUT2D eigenvalue weighted by molar-refractivity contribution is 0.182. The van der Waals surface area contributed by atoms with Crippen LogP contribution in [0.2, 0.25) is 0 Å². The average molecular weight is 288 g/mol. The molecule has 0 spiro atoms. The van der Waals surface area contributed by atoms with Crippen molar-refractivity contribution >= 4 is 11.8 Å². The van der Waals surface area contributed by atoms with Crippen molar-refractivity contribution in [2.45, 2.75) is 31.7 Å². The second kappa shape index (κ2) is 6.02. The molecule has 0 saturated carbocycles. The molecule has 4 heteroatoms. The van der Waals surface area contributed by atoms with Crippen molar-refractivity contribution < 1.29 is 4.52 Å². The first-order chi connectivity index (χ1) is 9.74. The van der Waals surface area contributed by atoms with Crippen LogP contribution >= 0.6 is 11.8 Å². The van der Waals surface area contributed by atoms with E-state index in [-0.39, 0.29) is 0 Å². The van der Waals surface area contributed by atoms with Crippen molar-refractivity contribution in [2.75, 3.05) is 12.3 Å². The fourth-order valence-electron chi connectivity index (χ4n) is 2.55. The number of thioether (sulfide) groups is 1. The normalized spacial score (nSPS) is 23.9. The van der Waals surface area contributed by atoms with Gasteiger partial charge in [-0.3, -0.25) is 4.90 Å². The van der Waals surface area contributed by atoms with Crippen LogP contribution in [0.1, 0.15) is 19.6 Å². The molecule has 2 aromatic rings. The van der Waals surface area contributed by atoms with Crippen LogP contribution in [0.4, 0.5) is 0 Å². The molecule has 3 rings (SSSR count). The highest BCUT2D eigenvalue weighted by molar-refractivity contribution is 8.00. The highest BCUT2D eigenvalue weighted by Gasteiger charge is 2.26. The Morgan fingerprint density at radius 3 is 2.90 bits per heavy atom. The van der Waals surface area contributed by atoms with E-state index in [1.54, 1.807) is 0 Å². The van der Waals surface area contributed by atoms with E-state index in [0.29, 0.717) is 11.3 Å². The summed E-state index contributed by atoms with van der Waals surface area (Å²) in [5.74, 6) is 2.15. The van der Waals surface area contributed by atoms with E-state index in [1.165, 1.54) is 5.75 Å². The number of benzene rings is 1. The maximum absolute atomic E-state index is 5.51. The Bertz CT molecular complexity index is 555. The molecular formula is C16H20N2OS. The van der Waals surface area contributed by atoms with Crippen molar-refractivity contribution in [1.82, 2.24) is 10.1 Å². The highest BCUT2D eigenvalue weighted by atomic mass is 32.2. The number of hydrogen-bond acceptors (Lipinski definition) is 4. The topological polar surface area (TPSA) is 29.3 Å². The molecule has 1 aromatic heterocycles. The van der Waals surface area contributed by atoms with E-state index in [4.69, 9.17) is 4.52 Å². The van der Waals surface area contributed by atoms with Gasteiger partial charge in [0.25, 0.3) is 0 Å². The van der Waals surface area contributed by atoms with Gasteiger partial charge in [0.05, 0.1) is 6.54 Å². The van der Waals surface area contributed by atoms with Gasteiger partial charge in [-0.2, -0.15) is 11.8 Å². The SMILES string of the molecule is CC1SCCN(Cc2cc(-c3ccccc3)no2)C1C. The monoisotopic (exact) mass is 288 g/mol. The molecule has 3 nitrogen and oxygen atoms in total. The fourth-order valence-corrected chi connectivity index (χ4v) is 3.71. The van der Waals surface area contributed by atoms with Gasteiger partial charge in [0.2, 0.25) is 0 Å². The van der Waals surface area contributed by atoms with Gasteiger partial charge in [0.1, 0.15) is 5.69 Å². The van der Waals surface area contributed by atoms with Crippen molar-refractivity contribution in [3.63, 3.8) is 0 Å². The van der Waals surface area contributed by atoms with Gasteiger partial charge in [0.15, 0.2) is 5.76 Å². The summed E-state index contributed by atoms with van der Waals surface area (Å²) in [6.45, 7) is 6.58. The largest absolute Gasteiger partial charge is 0.359 e. The van der Waals surface area contributed by atoms with Crippen LogP contribution in [0, 0.1) is 0 Å². The summed E-state index contributed by atoms with van der Waals surface area (Å²) in [6, 6.07) is 12.8. The third kappa shape index (κ3) is 2.91. The van der Waals surface area contributed by atoms with Crippen LogP contribution in [0.25, 0.3) is 11.3 Å². The van der Waals surface area contributed by atoms with Gasteiger partial charge >= 0.3 is 0 Å². The van der Waals surface area contributed by atoms with E-state index in [9.17, 15) is 0 Å². The summed E-state index contributed by atoms with van der Waals surface area (Å²) in [5, 5.41) is 4.87. The summed E-state index contributed by atoms with van der Waals surface area (Å²) in [6.07, 6.45) is 0. The number of hydrogen-bond donors (Lipinski definition) is 0. The molecule has 0 bridgehead atoms. The number of rotatable bonds is 3. The first-order valence-corrected chi connectivity index (χ1v) is 8.15. The summed E-state index contributed by atoms with van der Waals surface area (Å²) in [7, 11) is 0. The Morgan fingerprint density at radius 1 is 1.30 bits per heavy atom. The summed E-state index contributed by atoms with van der Waals surface area (Å²) < 4.78 is 5.51. The average Bonchev–Trinajstić information content (AvgIpc) is 2.93. The molecule has 20 heavy (non-hydrogen) atoms. The summed E-state index contributed by atoms with van der Waals surface area (Å²) >= 11 is 2.05. The molecule has 1 fully saturated rings. The second-order valence-electron chi connectivity index (χ2n) is 5.33. The van der Waals surface area contributed by atoms with E-state index >= 15 is 0 Å². The predicted octanol–water partition coefficient (Wildman–Crippen LogP) is 3.67. The second-order valence-corrected chi connectivity index (χ2v) is 6.82. The summed E-state index contributed by atoms with van der Waals surface area (Å²) in [5.41, 5.74) is 2.03. The van der Waals surface area contributed by atoms with Gasteiger partial charge < -0.3 is 4.52 Å². The zero-order chi connectivity index (χ0) is 13.9. The van der Waals surface area contributed by atoms with Crippen molar-refractivity contribution in [1.29, 1.82) is 0 Å². The van der Waals surface area contributed by atoms with Crippen LogP contribution in [-0.4, -0.2) is 33.6 Å². The van der Waals surface area contributed by atoms with E-state index in [0.717, 1.165) is 30.1 Å². The molecule has 1 aromatic carbocycles. The Morgan fingerprint density at radius 2 is 2.10 bits per heavy atom. The molecule has 0 amide bonds.